The number of thiazole rings is 1. The molecule has 28 heavy (non-hydrogen) atoms. The maximum atomic E-state index is 12.1. The standard InChI is InChI=1S/C19H22BrClN2O4S/c1-4-26-16(25)9-13-10-28-19(22-13)23-15(24)6-5-7-27-14-8-11(2)18(21)12(3)17(14)20/h8,10H,4-7,9H2,1-3H3,(H,22,23,24). The molecular weight excluding hydrogens is 468 g/mol. The molecule has 1 aromatic carbocycles. The zero-order valence-corrected chi connectivity index (χ0v) is 19.1. The highest BCUT2D eigenvalue weighted by Gasteiger charge is 2.12. The maximum absolute atomic E-state index is 12.1. The van der Waals surface area contributed by atoms with Gasteiger partial charge in [0.15, 0.2) is 5.13 Å². The van der Waals surface area contributed by atoms with Gasteiger partial charge in [0, 0.05) is 16.8 Å². The Morgan fingerprint density at radius 2 is 2.11 bits per heavy atom. The van der Waals surface area contributed by atoms with Crippen LogP contribution in [0, 0.1) is 13.8 Å². The van der Waals surface area contributed by atoms with Crippen molar-refractivity contribution in [2.45, 2.75) is 40.0 Å². The molecule has 0 saturated heterocycles. The summed E-state index contributed by atoms with van der Waals surface area (Å²) in [4.78, 5) is 27.7. The Hall–Kier alpha value is -1.64. The highest BCUT2D eigenvalue weighted by atomic mass is 79.9. The fourth-order valence-electron chi connectivity index (χ4n) is 2.41. The average molecular weight is 490 g/mol. The lowest BCUT2D eigenvalue weighted by molar-refractivity contribution is -0.142. The molecule has 1 aromatic heterocycles. The number of aromatic nitrogens is 1. The van der Waals surface area contributed by atoms with Crippen LogP contribution < -0.4 is 10.1 Å². The lowest BCUT2D eigenvalue weighted by Crippen LogP contribution is -2.13. The van der Waals surface area contributed by atoms with Gasteiger partial charge in [0.05, 0.1) is 29.8 Å². The highest BCUT2D eigenvalue weighted by molar-refractivity contribution is 9.10. The van der Waals surface area contributed by atoms with Crippen LogP contribution in [0.2, 0.25) is 5.02 Å². The van der Waals surface area contributed by atoms with Crippen molar-refractivity contribution in [2.75, 3.05) is 18.5 Å². The maximum Gasteiger partial charge on any atom is 0.311 e. The van der Waals surface area contributed by atoms with Gasteiger partial charge in [-0.25, -0.2) is 4.98 Å². The first kappa shape index (κ1) is 22.6. The zero-order valence-electron chi connectivity index (χ0n) is 15.9. The molecule has 0 unspecified atom stereocenters. The molecule has 0 bridgehead atoms. The smallest absolute Gasteiger partial charge is 0.311 e. The second kappa shape index (κ2) is 10.8. The van der Waals surface area contributed by atoms with Crippen molar-refractivity contribution in [3.8, 4) is 5.75 Å². The van der Waals surface area contributed by atoms with Crippen molar-refractivity contribution >= 4 is 55.9 Å². The van der Waals surface area contributed by atoms with E-state index in [4.69, 9.17) is 21.1 Å². The summed E-state index contributed by atoms with van der Waals surface area (Å²) in [7, 11) is 0. The van der Waals surface area contributed by atoms with Crippen molar-refractivity contribution in [1.82, 2.24) is 4.98 Å². The van der Waals surface area contributed by atoms with E-state index in [9.17, 15) is 9.59 Å². The number of hydrogen-bond donors (Lipinski definition) is 1. The minimum atomic E-state index is -0.332. The van der Waals surface area contributed by atoms with Crippen LogP contribution in [0.4, 0.5) is 5.13 Å². The molecule has 0 fully saturated rings. The van der Waals surface area contributed by atoms with Crippen LogP contribution in [-0.2, 0) is 20.7 Å². The third-order valence-electron chi connectivity index (χ3n) is 3.80. The van der Waals surface area contributed by atoms with Crippen LogP contribution >= 0.6 is 38.9 Å². The monoisotopic (exact) mass is 488 g/mol. The predicted octanol–water partition coefficient (Wildman–Crippen LogP) is 5.08. The molecule has 0 radical (unpaired) electrons. The van der Waals surface area contributed by atoms with Gasteiger partial charge in [-0.2, -0.15) is 0 Å². The van der Waals surface area contributed by atoms with Crippen molar-refractivity contribution < 1.29 is 19.1 Å². The van der Waals surface area contributed by atoms with E-state index < -0.39 is 0 Å². The second-order valence-corrected chi connectivity index (χ2v) is 8.10. The predicted molar refractivity (Wildman–Crippen MR) is 114 cm³/mol. The number of aryl methyl sites for hydroxylation is 1. The summed E-state index contributed by atoms with van der Waals surface area (Å²) in [5, 5.41) is 5.65. The molecule has 0 aliphatic heterocycles. The van der Waals surface area contributed by atoms with Gasteiger partial charge < -0.3 is 14.8 Å². The van der Waals surface area contributed by atoms with E-state index in [1.807, 2.05) is 19.9 Å². The number of ether oxygens (including phenoxy) is 2. The lowest BCUT2D eigenvalue weighted by atomic mass is 10.1. The molecule has 0 aliphatic carbocycles. The lowest BCUT2D eigenvalue weighted by Gasteiger charge is -2.13. The number of amides is 1. The molecule has 6 nitrogen and oxygen atoms in total. The van der Waals surface area contributed by atoms with Gasteiger partial charge in [0.2, 0.25) is 5.91 Å². The van der Waals surface area contributed by atoms with Gasteiger partial charge in [-0.15, -0.1) is 11.3 Å². The van der Waals surface area contributed by atoms with Crippen molar-refractivity contribution in [1.29, 1.82) is 0 Å². The second-order valence-electron chi connectivity index (χ2n) is 6.07. The summed E-state index contributed by atoms with van der Waals surface area (Å²) in [5.74, 6) is 0.230. The van der Waals surface area contributed by atoms with Gasteiger partial charge in [-0.05, 0) is 60.3 Å². The fraction of sp³-hybridized carbons (Fsp3) is 0.421. The molecule has 0 aliphatic rings. The van der Waals surface area contributed by atoms with Crippen LogP contribution in [-0.4, -0.2) is 30.1 Å². The Kier molecular flexibility index (Phi) is 8.72. The minimum absolute atomic E-state index is 0.100. The number of nitrogens with one attached hydrogen (secondary N) is 1. The van der Waals surface area contributed by atoms with E-state index in [-0.39, 0.29) is 18.3 Å². The van der Waals surface area contributed by atoms with E-state index in [2.05, 4.69) is 26.2 Å². The van der Waals surface area contributed by atoms with Gasteiger partial charge in [-0.1, -0.05) is 11.6 Å². The van der Waals surface area contributed by atoms with Crippen LogP contribution in [0.3, 0.4) is 0 Å². The van der Waals surface area contributed by atoms with E-state index in [0.717, 1.165) is 15.6 Å². The molecule has 1 heterocycles. The largest absolute Gasteiger partial charge is 0.492 e. The Morgan fingerprint density at radius 1 is 1.36 bits per heavy atom. The summed E-state index contributed by atoms with van der Waals surface area (Å²) >= 11 is 11.0. The molecule has 152 valence electrons. The topological polar surface area (TPSA) is 77.5 Å². The third kappa shape index (κ3) is 6.46. The normalized spacial score (nSPS) is 10.6. The summed E-state index contributed by atoms with van der Waals surface area (Å²) in [6.45, 7) is 6.33. The quantitative estimate of drug-likeness (QED) is 0.393. The number of halogens is 2. The Balaban J connectivity index is 1.76. The number of anilines is 1. The molecular formula is C19H22BrClN2O4S. The highest BCUT2D eigenvalue weighted by Crippen LogP contribution is 2.35. The van der Waals surface area contributed by atoms with Gasteiger partial charge in [0.25, 0.3) is 0 Å². The van der Waals surface area contributed by atoms with Crippen LogP contribution in [0.15, 0.2) is 15.9 Å². The summed E-state index contributed by atoms with van der Waals surface area (Å²) < 4.78 is 11.5. The molecule has 0 spiro atoms. The van der Waals surface area contributed by atoms with E-state index in [0.29, 0.717) is 47.7 Å². The molecule has 1 amide bonds. The molecule has 1 N–H and O–H groups in total. The molecule has 0 saturated carbocycles. The Morgan fingerprint density at radius 3 is 2.82 bits per heavy atom. The molecule has 2 aromatic rings. The summed E-state index contributed by atoms with van der Waals surface area (Å²) in [6, 6.07) is 1.88. The minimum Gasteiger partial charge on any atom is -0.492 e. The molecule has 2 rings (SSSR count). The number of rotatable bonds is 9. The molecule has 9 heteroatoms. The van der Waals surface area contributed by atoms with Crippen LogP contribution in [0.5, 0.6) is 5.75 Å². The third-order valence-corrected chi connectivity index (χ3v) is 6.18. The van der Waals surface area contributed by atoms with Gasteiger partial charge in [-0.3, -0.25) is 9.59 Å². The van der Waals surface area contributed by atoms with E-state index >= 15 is 0 Å². The van der Waals surface area contributed by atoms with Crippen LogP contribution in [0.1, 0.15) is 36.6 Å². The number of nitrogens with zero attached hydrogens (tertiary/aromatic N) is 1. The summed E-state index contributed by atoms with van der Waals surface area (Å²) in [5.41, 5.74) is 2.45. The Bertz CT molecular complexity index is 857. The average Bonchev–Trinajstić information content (AvgIpc) is 3.07. The van der Waals surface area contributed by atoms with Gasteiger partial charge in [0.1, 0.15) is 5.75 Å². The van der Waals surface area contributed by atoms with Crippen molar-refractivity contribution in [3.05, 3.63) is 37.8 Å². The first-order chi connectivity index (χ1) is 13.3. The first-order valence-corrected chi connectivity index (χ1v) is 10.8. The first-order valence-electron chi connectivity index (χ1n) is 8.79. The van der Waals surface area contributed by atoms with Crippen molar-refractivity contribution in [2.24, 2.45) is 0 Å². The fourth-order valence-corrected chi connectivity index (χ4v) is 3.82. The number of carbonyl (C=O) groups excluding carboxylic acids is 2. The number of carbonyl (C=O) groups is 2. The zero-order chi connectivity index (χ0) is 20.7. The molecule has 0 atom stereocenters. The Labute approximate surface area is 181 Å². The van der Waals surface area contributed by atoms with Crippen molar-refractivity contribution in [3.63, 3.8) is 0 Å². The SMILES string of the molecule is CCOC(=O)Cc1csc(NC(=O)CCCOc2cc(C)c(Cl)c(C)c2Br)n1. The van der Waals surface area contributed by atoms with Gasteiger partial charge >= 0.3 is 5.97 Å². The van der Waals surface area contributed by atoms with E-state index in [1.165, 1.54) is 11.3 Å². The number of esters is 1. The summed E-state index contributed by atoms with van der Waals surface area (Å²) in [6.07, 6.45) is 0.957. The van der Waals surface area contributed by atoms with E-state index in [1.54, 1.807) is 12.3 Å². The number of hydrogen-bond acceptors (Lipinski definition) is 6. The number of benzene rings is 1. The van der Waals surface area contributed by atoms with Crippen LogP contribution in [0.25, 0.3) is 0 Å².